The number of carbonyl (C=O) groups excluding carboxylic acids is 1. The Morgan fingerprint density at radius 3 is 2.39 bits per heavy atom. The summed E-state index contributed by atoms with van der Waals surface area (Å²) in [4.78, 5) is 14.8. The van der Waals surface area contributed by atoms with Crippen LogP contribution in [0.15, 0.2) is 53.4 Å². The molecule has 2 aromatic rings. The van der Waals surface area contributed by atoms with E-state index in [1.807, 2.05) is 6.92 Å². The molecule has 0 aromatic heterocycles. The van der Waals surface area contributed by atoms with E-state index in [-0.39, 0.29) is 17.3 Å². The van der Waals surface area contributed by atoms with Crippen LogP contribution in [0.1, 0.15) is 25.3 Å². The molecule has 7 heteroatoms. The summed E-state index contributed by atoms with van der Waals surface area (Å²) in [6.45, 7) is 5.11. The number of aryl methyl sites for hydroxylation is 1. The van der Waals surface area contributed by atoms with Gasteiger partial charge in [-0.15, -0.1) is 0 Å². The second-order valence-corrected chi connectivity index (χ2v) is 9.69. The van der Waals surface area contributed by atoms with Gasteiger partial charge < -0.3 is 4.90 Å². The summed E-state index contributed by atoms with van der Waals surface area (Å²) in [6, 6.07) is 13.1. The molecule has 3 rings (SSSR count). The largest absolute Gasteiger partial charge is 0.341 e. The van der Waals surface area contributed by atoms with Crippen molar-refractivity contribution in [2.75, 3.05) is 23.9 Å². The number of nitrogens with zero attached hydrogens (tertiary/aromatic N) is 2. The van der Waals surface area contributed by atoms with E-state index in [2.05, 4.69) is 6.92 Å². The minimum Gasteiger partial charge on any atom is -0.341 e. The maximum atomic E-state index is 13.3. The van der Waals surface area contributed by atoms with Crippen LogP contribution in [-0.2, 0) is 14.8 Å². The van der Waals surface area contributed by atoms with Gasteiger partial charge in [-0.1, -0.05) is 36.2 Å². The first-order valence-electron chi connectivity index (χ1n) is 9.40. The zero-order chi connectivity index (χ0) is 20.3. The summed E-state index contributed by atoms with van der Waals surface area (Å²) in [7, 11) is -3.89. The molecule has 0 spiro atoms. The van der Waals surface area contributed by atoms with Crippen molar-refractivity contribution in [3.63, 3.8) is 0 Å². The Hall–Kier alpha value is -2.05. The molecular formula is C21H25ClN2O3S. The van der Waals surface area contributed by atoms with Crippen LogP contribution in [0.3, 0.4) is 0 Å². The van der Waals surface area contributed by atoms with E-state index in [4.69, 9.17) is 11.6 Å². The molecule has 1 aliphatic heterocycles. The molecule has 1 atom stereocenters. The fourth-order valence-electron chi connectivity index (χ4n) is 3.40. The summed E-state index contributed by atoms with van der Waals surface area (Å²) < 4.78 is 27.8. The summed E-state index contributed by atoms with van der Waals surface area (Å²) in [5, 5.41) is 0.507. The number of hydrogen-bond donors (Lipinski definition) is 0. The Morgan fingerprint density at radius 1 is 1.14 bits per heavy atom. The van der Waals surface area contributed by atoms with Gasteiger partial charge in [-0.05, 0) is 62.1 Å². The number of hydrogen-bond acceptors (Lipinski definition) is 3. The van der Waals surface area contributed by atoms with Crippen LogP contribution >= 0.6 is 11.6 Å². The van der Waals surface area contributed by atoms with Crippen molar-refractivity contribution >= 4 is 33.2 Å². The molecule has 0 saturated carbocycles. The van der Waals surface area contributed by atoms with E-state index in [0.29, 0.717) is 29.7 Å². The van der Waals surface area contributed by atoms with Crippen molar-refractivity contribution in [3.05, 3.63) is 59.1 Å². The highest BCUT2D eigenvalue weighted by molar-refractivity contribution is 7.92. The van der Waals surface area contributed by atoms with E-state index in [9.17, 15) is 13.2 Å². The maximum Gasteiger partial charge on any atom is 0.264 e. The quantitative estimate of drug-likeness (QED) is 0.731. The molecule has 1 amide bonds. The van der Waals surface area contributed by atoms with Gasteiger partial charge in [-0.2, -0.15) is 0 Å². The van der Waals surface area contributed by atoms with E-state index in [1.54, 1.807) is 53.4 Å². The minimum absolute atomic E-state index is 0.160. The molecule has 0 bridgehead atoms. The zero-order valence-electron chi connectivity index (χ0n) is 16.1. The molecule has 0 radical (unpaired) electrons. The van der Waals surface area contributed by atoms with Crippen molar-refractivity contribution in [1.82, 2.24) is 4.90 Å². The average molecular weight is 421 g/mol. The van der Waals surface area contributed by atoms with Gasteiger partial charge in [0, 0.05) is 18.1 Å². The van der Waals surface area contributed by atoms with Crippen LogP contribution in [0, 0.1) is 12.8 Å². The molecule has 1 aliphatic rings. The molecule has 1 saturated heterocycles. The Kier molecular flexibility index (Phi) is 6.30. The molecule has 2 aromatic carbocycles. The first-order chi connectivity index (χ1) is 13.3. The lowest BCUT2D eigenvalue weighted by Crippen LogP contribution is -2.46. The number of rotatable bonds is 5. The van der Waals surface area contributed by atoms with Crippen molar-refractivity contribution < 1.29 is 13.2 Å². The molecule has 0 aliphatic carbocycles. The van der Waals surface area contributed by atoms with Crippen LogP contribution in [0.2, 0.25) is 5.02 Å². The van der Waals surface area contributed by atoms with Gasteiger partial charge in [0.05, 0.1) is 10.6 Å². The Morgan fingerprint density at radius 2 is 1.79 bits per heavy atom. The van der Waals surface area contributed by atoms with E-state index in [0.717, 1.165) is 18.4 Å². The first kappa shape index (κ1) is 20.7. The van der Waals surface area contributed by atoms with Crippen LogP contribution in [-0.4, -0.2) is 38.9 Å². The molecular weight excluding hydrogens is 396 g/mol. The Labute approximate surface area is 172 Å². The molecule has 5 nitrogen and oxygen atoms in total. The average Bonchev–Trinajstić information content (AvgIpc) is 2.67. The zero-order valence-corrected chi connectivity index (χ0v) is 17.7. The lowest BCUT2D eigenvalue weighted by atomic mass is 10.0. The number of benzene rings is 2. The van der Waals surface area contributed by atoms with Crippen LogP contribution < -0.4 is 4.31 Å². The highest BCUT2D eigenvalue weighted by atomic mass is 35.5. The van der Waals surface area contributed by atoms with Gasteiger partial charge >= 0.3 is 0 Å². The molecule has 1 fully saturated rings. The number of anilines is 1. The summed E-state index contributed by atoms with van der Waals surface area (Å²) in [6.07, 6.45) is 2.03. The Balaban J connectivity index is 1.94. The van der Waals surface area contributed by atoms with Gasteiger partial charge in [0.2, 0.25) is 5.91 Å². The van der Waals surface area contributed by atoms with Gasteiger partial charge in [-0.25, -0.2) is 8.42 Å². The van der Waals surface area contributed by atoms with Crippen molar-refractivity contribution in [1.29, 1.82) is 0 Å². The smallest absolute Gasteiger partial charge is 0.264 e. The first-order valence-corrected chi connectivity index (χ1v) is 11.2. The van der Waals surface area contributed by atoms with Gasteiger partial charge in [0.25, 0.3) is 10.0 Å². The predicted octanol–water partition coefficient (Wildman–Crippen LogP) is 4.10. The molecule has 28 heavy (non-hydrogen) atoms. The number of piperidine rings is 1. The van der Waals surface area contributed by atoms with Gasteiger partial charge in [0.15, 0.2) is 0 Å². The van der Waals surface area contributed by atoms with Crippen molar-refractivity contribution in [2.24, 2.45) is 5.92 Å². The number of likely N-dealkylation sites (tertiary alicyclic amines) is 1. The standard InChI is InChI=1S/C21H25ClN2O3S/c1-16-5-11-20(12-6-16)28(26,27)24(19-9-7-18(22)8-10-19)15-21(25)23-13-3-4-17(2)14-23/h5-12,17H,3-4,13-15H2,1-2H3/t17-/m0/s1. The summed E-state index contributed by atoms with van der Waals surface area (Å²) in [5.74, 6) is 0.243. The topological polar surface area (TPSA) is 57.7 Å². The van der Waals surface area contributed by atoms with Gasteiger partial charge in [0.1, 0.15) is 6.54 Å². The highest BCUT2D eigenvalue weighted by Crippen LogP contribution is 2.26. The van der Waals surface area contributed by atoms with Crippen molar-refractivity contribution in [2.45, 2.75) is 31.6 Å². The minimum atomic E-state index is -3.89. The predicted molar refractivity (Wildman–Crippen MR) is 112 cm³/mol. The SMILES string of the molecule is Cc1ccc(S(=O)(=O)N(CC(=O)N2CCC[C@H](C)C2)c2ccc(Cl)cc2)cc1. The summed E-state index contributed by atoms with van der Waals surface area (Å²) in [5.41, 5.74) is 1.39. The highest BCUT2D eigenvalue weighted by Gasteiger charge is 2.30. The van der Waals surface area contributed by atoms with Gasteiger partial charge in [-0.3, -0.25) is 9.10 Å². The molecule has 150 valence electrons. The maximum absolute atomic E-state index is 13.3. The lowest BCUT2D eigenvalue weighted by molar-refractivity contribution is -0.131. The number of amides is 1. The third kappa shape index (κ3) is 4.67. The van der Waals surface area contributed by atoms with Crippen LogP contribution in [0.25, 0.3) is 0 Å². The number of carbonyl (C=O) groups is 1. The second-order valence-electron chi connectivity index (χ2n) is 7.39. The summed E-state index contributed by atoms with van der Waals surface area (Å²) >= 11 is 5.97. The Bertz CT molecular complexity index is 927. The fourth-order valence-corrected chi connectivity index (χ4v) is 4.94. The normalized spacial score (nSPS) is 17.4. The molecule has 1 heterocycles. The van der Waals surface area contributed by atoms with E-state index in [1.165, 1.54) is 4.31 Å². The number of sulfonamides is 1. The lowest BCUT2D eigenvalue weighted by Gasteiger charge is -2.33. The number of halogens is 1. The third-order valence-corrected chi connectivity index (χ3v) is 7.05. The van der Waals surface area contributed by atoms with E-state index < -0.39 is 10.0 Å². The van der Waals surface area contributed by atoms with E-state index >= 15 is 0 Å². The van der Waals surface area contributed by atoms with Crippen molar-refractivity contribution in [3.8, 4) is 0 Å². The molecule has 0 unspecified atom stereocenters. The molecule has 0 N–H and O–H groups in total. The third-order valence-electron chi connectivity index (χ3n) is 5.01. The second kappa shape index (κ2) is 8.53. The monoisotopic (exact) mass is 420 g/mol. The fraction of sp³-hybridized carbons (Fsp3) is 0.381. The van der Waals surface area contributed by atoms with Crippen LogP contribution in [0.4, 0.5) is 5.69 Å². The van der Waals surface area contributed by atoms with Crippen LogP contribution in [0.5, 0.6) is 0 Å².